The van der Waals surface area contributed by atoms with Crippen LogP contribution in [0.15, 0.2) is 33.6 Å². The summed E-state index contributed by atoms with van der Waals surface area (Å²) in [5, 5.41) is 25.5. The minimum absolute atomic E-state index is 0.379. The van der Waals surface area contributed by atoms with Gasteiger partial charge in [0, 0.05) is 0 Å². The summed E-state index contributed by atoms with van der Waals surface area (Å²) in [6, 6.07) is 0. The molecule has 0 saturated carbocycles. The molecule has 138 valence electrons. The normalized spacial score (nSPS) is 14.9. The molecule has 0 rings (SSSR count). The molecule has 4 nitrogen and oxygen atoms in total. The minimum Gasteiger partial charge on any atom is -0.411 e. The van der Waals surface area contributed by atoms with Gasteiger partial charge in [-0.1, -0.05) is 47.5 Å². The molecule has 4 heteroatoms. The zero-order valence-electron chi connectivity index (χ0n) is 16.3. The third kappa shape index (κ3) is 11.0. The molecule has 0 fully saturated rings. The first-order valence-electron chi connectivity index (χ1n) is 8.99. The maximum absolute atomic E-state index is 9.33. The van der Waals surface area contributed by atoms with Crippen molar-refractivity contribution in [1.82, 2.24) is 0 Å². The van der Waals surface area contributed by atoms with Crippen molar-refractivity contribution in [2.45, 2.75) is 80.1 Å². The topological polar surface area (TPSA) is 65.2 Å². The van der Waals surface area contributed by atoms with Crippen LogP contribution in [0.4, 0.5) is 0 Å². The van der Waals surface area contributed by atoms with Crippen LogP contribution in [0.2, 0.25) is 0 Å². The highest BCUT2D eigenvalue weighted by Gasteiger charge is 2.17. The van der Waals surface area contributed by atoms with Crippen molar-refractivity contribution in [3.8, 4) is 0 Å². The summed E-state index contributed by atoms with van der Waals surface area (Å²) < 4.78 is 0. The molecular weight excluding hydrogens is 300 g/mol. The first kappa shape index (κ1) is 22.4. The van der Waals surface area contributed by atoms with E-state index in [1.807, 2.05) is 0 Å². The molecule has 0 heterocycles. The van der Waals surface area contributed by atoms with Crippen molar-refractivity contribution in [3.63, 3.8) is 0 Å². The maximum atomic E-state index is 9.33. The largest absolute Gasteiger partial charge is 0.411 e. The lowest BCUT2D eigenvalue weighted by molar-refractivity contribution is 0.310. The quantitative estimate of drug-likeness (QED) is 0.204. The lowest BCUT2D eigenvalue weighted by Gasteiger charge is -2.15. The van der Waals surface area contributed by atoms with Crippen molar-refractivity contribution in [2.75, 3.05) is 0 Å². The molecule has 0 aliphatic rings. The van der Waals surface area contributed by atoms with Crippen LogP contribution in [0.25, 0.3) is 0 Å². The maximum Gasteiger partial charge on any atom is 0.105 e. The molecule has 0 unspecified atom stereocenters. The Balaban J connectivity index is 4.54. The molecule has 0 aromatic heterocycles. The highest BCUT2D eigenvalue weighted by Crippen LogP contribution is 2.18. The molecule has 0 aromatic carbocycles. The Labute approximate surface area is 148 Å². The fourth-order valence-electron chi connectivity index (χ4n) is 2.61. The van der Waals surface area contributed by atoms with Crippen LogP contribution in [0.1, 0.15) is 80.1 Å². The van der Waals surface area contributed by atoms with Gasteiger partial charge in [0.2, 0.25) is 0 Å². The van der Waals surface area contributed by atoms with E-state index in [0.717, 1.165) is 25.7 Å². The average molecular weight is 337 g/mol. The molecule has 0 spiro atoms. The summed E-state index contributed by atoms with van der Waals surface area (Å²) in [7, 11) is 0. The van der Waals surface area contributed by atoms with Gasteiger partial charge in [0.25, 0.3) is 0 Å². The van der Waals surface area contributed by atoms with E-state index in [0.29, 0.717) is 36.1 Å². The van der Waals surface area contributed by atoms with Crippen molar-refractivity contribution in [1.29, 1.82) is 0 Å². The van der Waals surface area contributed by atoms with Crippen LogP contribution in [-0.4, -0.2) is 21.8 Å². The van der Waals surface area contributed by atoms with Crippen molar-refractivity contribution < 1.29 is 10.4 Å². The lowest BCUT2D eigenvalue weighted by atomic mass is 9.91. The second kappa shape index (κ2) is 12.8. The van der Waals surface area contributed by atoms with E-state index in [2.05, 4.69) is 64.0 Å². The highest BCUT2D eigenvalue weighted by atomic mass is 16.4. The first-order chi connectivity index (χ1) is 11.3. The van der Waals surface area contributed by atoms with Gasteiger partial charge in [0.05, 0.1) is 0 Å². The van der Waals surface area contributed by atoms with Gasteiger partial charge in [-0.15, -0.1) is 0 Å². The molecule has 2 N–H and O–H groups in total. The van der Waals surface area contributed by atoms with E-state index >= 15 is 0 Å². The summed E-state index contributed by atoms with van der Waals surface area (Å²) in [4.78, 5) is 0. The first-order valence-corrected chi connectivity index (χ1v) is 8.99. The fraction of sp³-hybridized carbons (Fsp3) is 0.700. The van der Waals surface area contributed by atoms with Crippen LogP contribution < -0.4 is 0 Å². The van der Waals surface area contributed by atoms with Crippen molar-refractivity contribution in [2.24, 2.45) is 22.1 Å². The average Bonchev–Trinajstić information content (AvgIpc) is 2.49. The molecule has 0 radical (unpaired) electrons. The third-order valence-corrected chi connectivity index (χ3v) is 4.08. The van der Waals surface area contributed by atoms with E-state index in [-0.39, 0.29) is 0 Å². The number of hydrogen-bond donors (Lipinski definition) is 2. The smallest absolute Gasteiger partial charge is 0.105 e. The summed E-state index contributed by atoms with van der Waals surface area (Å²) in [6.07, 6.45) is 9.80. The third-order valence-electron chi connectivity index (χ3n) is 4.08. The Kier molecular flexibility index (Phi) is 12.0. The summed E-state index contributed by atoms with van der Waals surface area (Å²) in [6.45, 7) is 12.7. The van der Waals surface area contributed by atoms with Gasteiger partial charge in [-0.2, -0.15) is 0 Å². The molecule has 0 amide bonds. The Morgan fingerprint density at radius 1 is 0.750 bits per heavy atom. The van der Waals surface area contributed by atoms with Gasteiger partial charge in [0.15, 0.2) is 0 Å². The summed E-state index contributed by atoms with van der Waals surface area (Å²) in [5.41, 5.74) is 3.66. The molecule has 0 aliphatic heterocycles. The minimum atomic E-state index is 0.379. The highest BCUT2D eigenvalue weighted by molar-refractivity contribution is 6.42. The van der Waals surface area contributed by atoms with Gasteiger partial charge in [0.1, 0.15) is 11.4 Å². The van der Waals surface area contributed by atoms with Crippen LogP contribution in [0, 0.1) is 11.8 Å². The van der Waals surface area contributed by atoms with Gasteiger partial charge in [-0.3, -0.25) is 0 Å². The van der Waals surface area contributed by atoms with E-state index < -0.39 is 0 Å². The Morgan fingerprint density at radius 2 is 1.08 bits per heavy atom. The molecular formula is C20H36N2O2. The summed E-state index contributed by atoms with van der Waals surface area (Å²) in [5.74, 6) is 0.758. The zero-order valence-corrected chi connectivity index (χ0v) is 16.3. The van der Waals surface area contributed by atoms with Crippen molar-refractivity contribution >= 4 is 11.4 Å². The van der Waals surface area contributed by atoms with E-state index in [1.165, 1.54) is 11.1 Å². The Bertz CT molecular complexity index is 424. The molecule has 0 bridgehead atoms. The summed E-state index contributed by atoms with van der Waals surface area (Å²) >= 11 is 0. The monoisotopic (exact) mass is 336 g/mol. The van der Waals surface area contributed by atoms with Crippen LogP contribution in [0.5, 0.6) is 0 Å². The van der Waals surface area contributed by atoms with Crippen LogP contribution >= 0.6 is 0 Å². The molecule has 0 saturated heterocycles. The standard InChI is InChI=1S/C20H36N2O2/c1-15(2)9-7-11-17(5)13-19(21-23)20(22-24)14-18(6)12-8-10-16(3)4/h9-10,17-18,23-24H,7-8,11-14H2,1-6H3/b21-19-,22-20?/t17-,18-/m0/s1. The Hall–Kier alpha value is -1.58. The molecule has 2 atom stereocenters. The number of allylic oxidation sites excluding steroid dienone is 4. The fourth-order valence-corrected chi connectivity index (χ4v) is 2.61. The van der Waals surface area contributed by atoms with Gasteiger partial charge in [-0.25, -0.2) is 0 Å². The zero-order chi connectivity index (χ0) is 18.5. The van der Waals surface area contributed by atoms with E-state index in [4.69, 9.17) is 0 Å². The number of rotatable bonds is 11. The van der Waals surface area contributed by atoms with Crippen LogP contribution in [-0.2, 0) is 0 Å². The Morgan fingerprint density at radius 3 is 1.33 bits per heavy atom. The molecule has 0 aromatic rings. The lowest BCUT2D eigenvalue weighted by Crippen LogP contribution is -2.20. The van der Waals surface area contributed by atoms with Crippen molar-refractivity contribution in [3.05, 3.63) is 23.3 Å². The molecule has 24 heavy (non-hydrogen) atoms. The second-order valence-electron chi connectivity index (χ2n) is 7.43. The second-order valence-corrected chi connectivity index (χ2v) is 7.43. The van der Waals surface area contributed by atoms with Gasteiger partial charge >= 0.3 is 0 Å². The number of hydrogen-bond acceptors (Lipinski definition) is 4. The number of oxime groups is 2. The van der Waals surface area contributed by atoms with Gasteiger partial charge < -0.3 is 10.4 Å². The van der Waals surface area contributed by atoms with E-state index in [9.17, 15) is 10.4 Å². The predicted molar refractivity (Wildman–Crippen MR) is 103 cm³/mol. The van der Waals surface area contributed by atoms with Gasteiger partial charge in [-0.05, 0) is 78.1 Å². The number of nitrogens with zero attached hydrogens (tertiary/aromatic N) is 2. The van der Waals surface area contributed by atoms with E-state index in [1.54, 1.807) is 0 Å². The van der Waals surface area contributed by atoms with Crippen LogP contribution in [0.3, 0.4) is 0 Å². The molecule has 0 aliphatic carbocycles. The SMILES string of the molecule is CC(C)=CCC[C@H](C)CC(=NO)/C(C[C@@H](C)CCC=C(C)C)=N\O. The predicted octanol–water partition coefficient (Wildman–Crippen LogP) is 6.19.